The molecule has 8 heteroatoms. The summed E-state index contributed by atoms with van der Waals surface area (Å²) in [7, 11) is 0. The summed E-state index contributed by atoms with van der Waals surface area (Å²) in [5.41, 5.74) is 8.08. The second-order valence-electron chi connectivity index (χ2n) is 8.63. The number of hydrogen-bond acceptors (Lipinski definition) is 6. The summed E-state index contributed by atoms with van der Waals surface area (Å²) in [4.78, 5) is 17.6. The van der Waals surface area contributed by atoms with Crippen molar-refractivity contribution in [2.45, 2.75) is 61.9 Å². The maximum absolute atomic E-state index is 13.6. The van der Waals surface area contributed by atoms with E-state index >= 15 is 0 Å². The second kappa shape index (κ2) is 12.0. The maximum atomic E-state index is 13.6. The van der Waals surface area contributed by atoms with Gasteiger partial charge in [-0.05, 0) is 81.1 Å². The predicted molar refractivity (Wildman–Crippen MR) is 134 cm³/mol. The summed E-state index contributed by atoms with van der Waals surface area (Å²) in [5, 5.41) is -1.01. The van der Waals surface area contributed by atoms with Gasteiger partial charge in [0.1, 0.15) is 10.9 Å². The molecule has 1 unspecified atom stereocenters. The molecule has 1 atom stereocenters. The minimum Gasteiger partial charge on any atom is -0.494 e. The zero-order valence-electron chi connectivity index (χ0n) is 19.6. The van der Waals surface area contributed by atoms with Crippen LogP contribution < -0.4 is 10.5 Å². The normalized spacial score (nSPS) is 17.3. The third-order valence-corrected chi connectivity index (χ3v) is 12.0. The third-order valence-electron chi connectivity index (χ3n) is 6.21. The predicted octanol–water partition coefficient (Wildman–Crippen LogP) is 5.47. The summed E-state index contributed by atoms with van der Waals surface area (Å²) in [6, 6.07) is 11.8. The van der Waals surface area contributed by atoms with Crippen LogP contribution in [0.1, 0.15) is 50.3 Å². The van der Waals surface area contributed by atoms with E-state index in [1.54, 1.807) is 6.66 Å². The van der Waals surface area contributed by atoms with E-state index in [4.69, 9.17) is 15.2 Å². The van der Waals surface area contributed by atoms with Gasteiger partial charge in [0, 0.05) is 30.0 Å². The molecule has 1 aromatic heterocycles. The number of benzene rings is 1. The molecule has 0 aliphatic carbocycles. The van der Waals surface area contributed by atoms with E-state index in [2.05, 4.69) is 24.0 Å². The smallest absolute Gasteiger partial charge is 0.232 e. The van der Waals surface area contributed by atoms with Gasteiger partial charge in [-0.25, -0.2) is 0 Å². The number of carbonyl (C=O) groups is 1. The quantitative estimate of drug-likeness (QED) is 0.313. The van der Waals surface area contributed by atoms with Crippen LogP contribution in [-0.4, -0.2) is 42.5 Å². The van der Waals surface area contributed by atoms with Crippen LogP contribution in [0.25, 0.3) is 0 Å². The minimum absolute atomic E-state index is 0.404. The highest BCUT2D eigenvalue weighted by Gasteiger charge is 2.51. The fourth-order valence-corrected chi connectivity index (χ4v) is 9.17. The minimum atomic E-state index is -2.95. The zero-order valence-corrected chi connectivity index (χ0v) is 21.3. The standard InChI is InChI=1S/C25H35N2O4PS/c1-3-4-7-21-9-8-20(19-27-21)6-5-16-31-22-10-12-23(13-11-22)33-32(2,29)25(24(26)28)14-17-30-18-15-25/h8-13,19H,3-7,14-18H2,1-2H3,(H2,26,28). The van der Waals surface area contributed by atoms with Crippen molar-refractivity contribution in [1.29, 1.82) is 0 Å². The van der Waals surface area contributed by atoms with Crippen molar-refractivity contribution in [3.63, 3.8) is 0 Å². The van der Waals surface area contributed by atoms with Gasteiger partial charge in [-0.15, -0.1) is 0 Å². The number of nitrogens with zero attached hydrogens (tertiary/aromatic N) is 1. The molecule has 0 bridgehead atoms. The van der Waals surface area contributed by atoms with Crippen LogP contribution in [0.15, 0.2) is 47.5 Å². The van der Waals surface area contributed by atoms with Crippen molar-refractivity contribution in [2.24, 2.45) is 5.73 Å². The monoisotopic (exact) mass is 490 g/mol. The lowest BCUT2D eigenvalue weighted by Gasteiger charge is -2.38. The molecule has 2 heterocycles. The van der Waals surface area contributed by atoms with Gasteiger partial charge in [-0.2, -0.15) is 0 Å². The van der Waals surface area contributed by atoms with Crippen LogP contribution in [0.4, 0.5) is 0 Å². The van der Waals surface area contributed by atoms with E-state index in [9.17, 15) is 9.36 Å². The number of ether oxygens (including phenoxy) is 2. The average molecular weight is 491 g/mol. The number of nitrogens with two attached hydrogens (primary N) is 1. The lowest BCUT2D eigenvalue weighted by Crippen LogP contribution is -2.47. The van der Waals surface area contributed by atoms with Crippen LogP contribution in [0.5, 0.6) is 5.75 Å². The molecular formula is C25H35N2O4PS. The zero-order chi connectivity index (χ0) is 23.7. The van der Waals surface area contributed by atoms with Gasteiger partial charge in [0.25, 0.3) is 0 Å². The molecule has 1 fully saturated rings. The highest BCUT2D eigenvalue weighted by atomic mass is 32.7. The number of unbranched alkanes of at least 4 members (excludes halogenated alkanes) is 1. The number of hydrogen-bond donors (Lipinski definition) is 1. The van der Waals surface area contributed by atoms with Crippen molar-refractivity contribution >= 4 is 23.6 Å². The van der Waals surface area contributed by atoms with Crippen molar-refractivity contribution in [3.05, 3.63) is 53.9 Å². The lowest BCUT2D eigenvalue weighted by atomic mass is 9.98. The molecule has 0 radical (unpaired) electrons. The van der Waals surface area contributed by atoms with Gasteiger partial charge in [-0.3, -0.25) is 9.78 Å². The Morgan fingerprint density at radius 1 is 1.15 bits per heavy atom. The molecule has 1 amide bonds. The number of primary amides is 1. The van der Waals surface area contributed by atoms with Gasteiger partial charge >= 0.3 is 0 Å². The van der Waals surface area contributed by atoms with E-state index < -0.39 is 17.4 Å². The van der Waals surface area contributed by atoms with Gasteiger partial charge < -0.3 is 19.8 Å². The fraction of sp³-hybridized carbons (Fsp3) is 0.520. The van der Waals surface area contributed by atoms with E-state index in [0.29, 0.717) is 32.7 Å². The Morgan fingerprint density at radius 2 is 1.88 bits per heavy atom. The molecule has 6 nitrogen and oxygen atoms in total. The first-order chi connectivity index (χ1) is 15.9. The highest BCUT2D eigenvalue weighted by Crippen LogP contribution is 2.70. The molecule has 2 N–H and O–H groups in total. The second-order valence-corrected chi connectivity index (χ2v) is 14.5. The summed E-state index contributed by atoms with van der Waals surface area (Å²) in [5.74, 6) is 0.281. The molecule has 0 spiro atoms. The molecule has 0 saturated carbocycles. The Bertz CT molecular complexity index is 944. The summed E-state index contributed by atoms with van der Waals surface area (Å²) in [6.45, 7) is 5.29. The number of rotatable bonds is 12. The Labute approximate surface area is 201 Å². The maximum Gasteiger partial charge on any atom is 0.232 e. The largest absolute Gasteiger partial charge is 0.494 e. The molecule has 33 heavy (non-hydrogen) atoms. The number of aromatic nitrogens is 1. The van der Waals surface area contributed by atoms with Gasteiger partial charge in [0.2, 0.25) is 5.91 Å². The first kappa shape index (κ1) is 25.8. The van der Waals surface area contributed by atoms with Crippen LogP contribution in [-0.2, 0) is 26.9 Å². The van der Waals surface area contributed by atoms with Crippen LogP contribution >= 0.6 is 17.7 Å². The Balaban J connectivity index is 1.48. The lowest BCUT2D eigenvalue weighted by molar-refractivity contribution is -0.122. The van der Waals surface area contributed by atoms with E-state index in [-0.39, 0.29) is 0 Å². The molecular weight excluding hydrogens is 455 g/mol. The first-order valence-corrected chi connectivity index (χ1v) is 15.3. The topological polar surface area (TPSA) is 91.5 Å². The highest BCUT2D eigenvalue weighted by molar-refractivity contribution is 8.58. The number of carbonyl (C=O) groups excluding carboxylic acids is 1. The molecule has 3 rings (SSSR count). The summed E-state index contributed by atoms with van der Waals surface area (Å²) in [6.07, 6.45) is 5.06. The van der Waals surface area contributed by atoms with Crippen LogP contribution in [0.2, 0.25) is 0 Å². The summed E-state index contributed by atoms with van der Waals surface area (Å²) < 4.78 is 24.8. The van der Waals surface area contributed by atoms with Gasteiger partial charge in [-0.1, -0.05) is 30.8 Å². The first-order valence-electron chi connectivity index (χ1n) is 11.7. The molecule has 1 aromatic carbocycles. The molecule has 1 saturated heterocycles. The van der Waals surface area contributed by atoms with Crippen molar-refractivity contribution < 1.29 is 18.8 Å². The molecule has 180 valence electrons. The average Bonchev–Trinajstić information content (AvgIpc) is 2.82. The number of amides is 1. The Morgan fingerprint density at radius 3 is 2.48 bits per heavy atom. The van der Waals surface area contributed by atoms with Gasteiger partial charge in [0.05, 0.1) is 6.61 Å². The van der Waals surface area contributed by atoms with Crippen molar-refractivity contribution in [2.75, 3.05) is 26.5 Å². The van der Waals surface area contributed by atoms with E-state index in [1.807, 2.05) is 30.5 Å². The SMILES string of the molecule is CCCCc1ccc(CCCOc2ccc(SP(C)(=O)C3(C(N)=O)CCOCC3)cc2)cn1. The van der Waals surface area contributed by atoms with Crippen LogP contribution in [0, 0.1) is 0 Å². The van der Waals surface area contributed by atoms with E-state index in [0.717, 1.165) is 35.6 Å². The number of aryl methyl sites for hydroxylation is 2. The Kier molecular flexibility index (Phi) is 9.42. The molecule has 1 aliphatic rings. The van der Waals surface area contributed by atoms with E-state index in [1.165, 1.54) is 29.8 Å². The fourth-order valence-electron chi connectivity index (χ4n) is 4.02. The molecule has 1 aliphatic heterocycles. The Hall–Kier alpha value is -1.82. The number of pyridine rings is 1. The van der Waals surface area contributed by atoms with Gasteiger partial charge in [0.15, 0.2) is 6.34 Å². The third kappa shape index (κ3) is 6.84. The molecule has 2 aromatic rings. The van der Waals surface area contributed by atoms with Crippen molar-refractivity contribution in [3.8, 4) is 5.75 Å². The van der Waals surface area contributed by atoms with Crippen LogP contribution in [0.3, 0.4) is 0 Å². The van der Waals surface area contributed by atoms with Crippen molar-refractivity contribution in [1.82, 2.24) is 4.98 Å². The summed E-state index contributed by atoms with van der Waals surface area (Å²) >= 11 is 1.26.